The Bertz CT molecular complexity index is 852. The van der Waals surface area contributed by atoms with Gasteiger partial charge in [-0.15, -0.1) is 0 Å². The lowest BCUT2D eigenvalue weighted by Gasteiger charge is -2.19. The number of hydrogen-bond donors (Lipinski definition) is 4. The quantitative estimate of drug-likeness (QED) is 0.0386. The maximum Gasteiger partial charge on any atom is 0.220 e. The van der Waals surface area contributed by atoms with E-state index in [2.05, 4.69) is 55.6 Å². The van der Waals surface area contributed by atoms with Crippen molar-refractivity contribution < 1.29 is 20.1 Å². The molecule has 5 nitrogen and oxygen atoms in total. The van der Waals surface area contributed by atoms with Gasteiger partial charge in [0.05, 0.1) is 24.9 Å². The van der Waals surface area contributed by atoms with Crippen LogP contribution in [0, 0.1) is 0 Å². The topological polar surface area (TPSA) is 89.8 Å². The summed E-state index contributed by atoms with van der Waals surface area (Å²) in [5, 5.41) is 32.8. The van der Waals surface area contributed by atoms with Crippen molar-refractivity contribution in [3.63, 3.8) is 0 Å². The van der Waals surface area contributed by atoms with Crippen LogP contribution < -0.4 is 5.32 Å². The molecule has 0 aliphatic rings. The first-order valence-electron chi connectivity index (χ1n) is 17.4. The summed E-state index contributed by atoms with van der Waals surface area (Å²) in [6, 6.07) is -0.708. The summed E-state index contributed by atoms with van der Waals surface area (Å²) >= 11 is 0. The first-order valence-corrected chi connectivity index (χ1v) is 17.4. The molecule has 0 aromatic carbocycles. The third-order valence-electron chi connectivity index (χ3n) is 7.23. The van der Waals surface area contributed by atoms with E-state index in [4.69, 9.17) is 0 Å². The van der Waals surface area contributed by atoms with Crippen molar-refractivity contribution in [3.05, 3.63) is 85.1 Å². The van der Waals surface area contributed by atoms with Crippen LogP contribution >= 0.6 is 0 Å². The lowest BCUT2D eigenvalue weighted by molar-refractivity contribution is -0.122. The van der Waals surface area contributed by atoms with E-state index in [0.29, 0.717) is 12.8 Å². The zero-order chi connectivity index (χ0) is 32.4. The fourth-order valence-electron chi connectivity index (χ4n) is 4.52. The summed E-state index contributed by atoms with van der Waals surface area (Å²) in [4.78, 5) is 12.3. The highest BCUT2D eigenvalue weighted by Gasteiger charge is 2.17. The minimum absolute atomic E-state index is 0.212. The largest absolute Gasteiger partial charge is 0.394 e. The summed E-state index contributed by atoms with van der Waals surface area (Å²) in [5.74, 6) is -0.212. The fourth-order valence-corrected chi connectivity index (χ4v) is 4.52. The van der Waals surface area contributed by atoms with E-state index in [0.717, 1.165) is 38.5 Å². The summed E-state index contributed by atoms with van der Waals surface area (Å²) in [6.45, 7) is 4.07. The van der Waals surface area contributed by atoms with Gasteiger partial charge < -0.3 is 20.6 Å². The van der Waals surface area contributed by atoms with Crippen molar-refractivity contribution in [2.45, 2.75) is 148 Å². The van der Waals surface area contributed by atoms with Crippen molar-refractivity contribution in [2.24, 2.45) is 0 Å². The van der Waals surface area contributed by atoms with Crippen LogP contribution in [0.2, 0.25) is 0 Å². The van der Waals surface area contributed by atoms with Gasteiger partial charge in [-0.3, -0.25) is 4.79 Å². The van der Waals surface area contributed by atoms with Gasteiger partial charge in [-0.05, 0) is 51.4 Å². The van der Waals surface area contributed by atoms with Crippen molar-refractivity contribution in [2.75, 3.05) is 6.61 Å². The van der Waals surface area contributed by atoms with Crippen LogP contribution in [0.3, 0.4) is 0 Å². The maximum absolute atomic E-state index is 12.3. The van der Waals surface area contributed by atoms with E-state index in [-0.39, 0.29) is 18.9 Å². The molecule has 0 bridgehead atoms. The summed E-state index contributed by atoms with van der Waals surface area (Å²) in [6.07, 6.45) is 45.4. The van der Waals surface area contributed by atoms with E-state index >= 15 is 0 Å². The van der Waals surface area contributed by atoms with Crippen molar-refractivity contribution in [1.29, 1.82) is 0 Å². The molecule has 5 heteroatoms. The number of unbranched alkanes of at least 4 members (excludes halogenated alkanes) is 10. The molecule has 0 saturated heterocycles. The van der Waals surface area contributed by atoms with Gasteiger partial charge in [0.2, 0.25) is 5.91 Å². The maximum atomic E-state index is 12.3. The zero-order valence-corrected chi connectivity index (χ0v) is 28.0. The molecule has 3 atom stereocenters. The second kappa shape index (κ2) is 33.4. The molecule has 4 N–H and O–H groups in total. The molecule has 0 aromatic heterocycles. The molecule has 0 heterocycles. The predicted octanol–water partition coefficient (Wildman–Crippen LogP) is 9.14. The molecule has 1 unspecified atom stereocenters. The molecule has 0 radical (unpaired) electrons. The smallest absolute Gasteiger partial charge is 0.220 e. The molecule has 1 amide bonds. The molecular weight excluding hydrogens is 546 g/mol. The lowest BCUT2D eigenvalue weighted by atomic mass is 10.1. The van der Waals surface area contributed by atoms with E-state index in [9.17, 15) is 20.1 Å². The average molecular weight is 612 g/mol. The molecule has 250 valence electrons. The second-order valence-corrected chi connectivity index (χ2v) is 11.4. The van der Waals surface area contributed by atoms with Crippen LogP contribution in [0.5, 0.6) is 0 Å². The highest BCUT2D eigenvalue weighted by molar-refractivity contribution is 5.76. The standard InChI is InChI=1S/C39H65NO4/c1-3-5-7-9-11-13-15-17-18-20-22-24-27-31-36(42)32-28-26-30-34-39(44)40-37(35-41)38(43)33-29-25-23-21-19-16-14-12-10-8-6-4-2/h5,7,11,13,17-18,22,24,26-29,31,33,36-38,41-43H,3-4,6,8-10,12,14-16,19-21,23,25,30,32,34-35H2,1-2H3,(H,40,44)/b7-5-,13-11-,18-17-,24-22-,28-26-,31-27-,33-29+/t36?,37-,38+/m0/s1. The van der Waals surface area contributed by atoms with Crippen molar-refractivity contribution in [3.8, 4) is 0 Å². The van der Waals surface area contributed by atoms with Crippen LogP contribution in [0.1, 0.15) is 129 Å². The number of rotatable bonds is 29. The molecule has 0 aliphatic heterocycles. The average Bonchev–Trinajstić information content (AvgIpc) is 3.02. The normalized spacial score (nSPS) is 14.9. The monoisotopic (exact) mass is 611 g/mol. The number of amides is 1. The predicted molar refractivity (Wildman–Crippen MR) is 189 cm³/mol. The fraction of sp³-hybridized carbons (Fsp3) is 0.615. The van der Waals surface area contributed by atoms with Crippen LogP contribution in [-0.4, -0.2) is 46.1 Å². The number of carbonyl (C=O) groups is 1. The summed E-state index contributed by atoms with van der Waals surface area (Å²) in [7, 11) is 0. The third-order valence-corrected chi connectivity index (χ3v) is 7.23. The molecule has 44 heavy (non-hydrogen) atoms. The Hall–Kier alpha value is -2.47. The Balaban J connectivity index is 3.97. The van der Waals surface area contributed by atoms with Gasteiger partial charge in [0.1, 0.15) is 0 Å². The van der Waals surface area contributed by atoms with E-state index in [1.54, 1.807) is 12.2 Å². The van der Waals surface area contributed by atoms with Gasteiger partial charge in [-0.1, -0.05) is 157 Å². The van der Waals surface area contributed by atoms with Crippen LogP contribution in [0.4, 0.5) is 0 Å². The van der Waals surface area contributed by atoms with Gasteiger partial charge in [0.15, 0.2) is 0 Å². The number of carbonyl (C=O) groups excluding carboxylic acids is 1. The Morgan fingerprint density at radius 2 is 1.23 bits per heavy atom. The minimum Gasteiger partial charge on any atom is -0.394 e. The van der Waals surface area contributed by atoms with Crippen LogP contribution in [-0.2, 0) is 4.79 Å². The molecule has 0 rings (SSSR count). The SMILES string of the molecule is CC/C=C\C/C=C\C/C=C\C/C=C\C=C/C(O)C/C=C\CCC(=O)N[C@@H](CO)[C@H](O)/C=C/CCCCCCCCCCCC. The summed E-state index contributed by atoms with van der Waals surface area (Å²) in [5.41, 5.74) is 0. The van der Waals surface area contributed by atoms with Gasteiger partial charge in [-0.25, -0.2) is 0 Å². The number of nitrogens with one attached hydrogen (secondary N) is 1. The highest BCUT2D eigenvalue weighted by Crippen LogP contribution is 2.12. The van der Waals surface area contributed by atoms with E-state index in [1.165, 1.54) is 57.8 Å². The Morgan fingerprint density at radius 1 is 0.636 bits per heavy atom. The van der Waals surface area contributed by atoms with Crippen molar-refractivity contribution in [1.82, 2.24) is 5.32 Å². The second-order valence-electron chi connectivity index (χ2n) is 11.4. The number of aliphatic hydroxyl groups is 3. The molecular formula is C39H65NO4. The summed E-state index contributed by atoms with van der Waals surface area (Å²) < 4.78 is 0. The highest BCUT2D eigenvalue weighted by atomic mass is 16.3. The first kappa shape index (κ1) is 41.5. The van der Waals surface area contributed by atoms with Crippen LogP contribution in [0.25, 0.3) is 0 Å². The van der Waals surface area contributed by atoms with Gasteiger partial charge >= 0.3 is 0 Å². The van der Waals surface area contributed by atoms with Gasteiger partial charge in [0, 0.05) is 6.42 Å². The number of allylic oxidation sites excluding steroid dienone is 11. The van der Waals surface area contributed by atoms with Crippen LogP contribution in [0.15, 0.2) is 85.1 Å². The molecule has 0 saturated carbocycles. The molecule has 0 aliphatic carbocycles. The Labute approximate surface area is 270 Å². The van der Waals surface area contributed by atoms with Gasteiger partial charge in [0.25, 0.3) is 0 Å². The van der Waals surface area contributed by atoms with E-state index in [1.807, 2.05) is 36.5 Å². The Kier molecular flexibility index (Phi) is 31.5. The van der Waals surface area contributed by atoms with Crippen molar-refractivity contribution >= 4 is 5.91 Å². The van der Waals surface area contributed by atoms with E-state index < -0.39 is 18.2 Å². The Morgan fingerprint density at radius 3 is 1.84 bits per heavy atom. The zero-order valence-electron chi connectivity index (χ0n) is 28.0. The number of aliphatic hydroxyl groups excluding tert-OH is 3. The number of hydrogen-bond acceptors (Lipinski definition) is 4. The molecule has 0 fully saturated rings. The minimum atomic E-state index is -0.908. The molecule has 0 spiro atoms. The van der Waals surface area contributed by atoms with Gasteiger partial charge in [-0.2, -0.15) is 0 Å². The lowest BCUT2D eigenvalue weighted by Crippen LogP contribution is -2.45. The third kappa shape index (κ3) is 29.6. The first-order chi connectivity index (χ1) is 21.5. The molecule has 0 aromatic rings.